The molecule has 0 aliphatic rings. The third kappa shape index (κ3) is 5.48. The van der Waals surface area contributed by atoms with Gasteiger partial charge in [0.2, 0.25) is 0 Å². The van der Waals surface area contributed by atoms with E-state index in [1.54, 1.807) is 43.9 Å². The fourth-order valence-electron chi connectivity index (χ4n) is 4.10. The fourth-order valence-corrected chi connectivity index (χ4v) is 4.10. The predicted octanol–water partition coefficient (Wildman–Crippen LogP) is 4.62. The predicted molar refractivity (Wildman–Crippen MR) is 139 cm³/mol. The van der Waals surface area contributed by atoms with Gasteiger partial charge in [-0.2, -0.15) is 18.3 Å². The maximum absolute atomic E-state index is 13.9. The smallest absolute Gasteiger partial charge is 0.420 e. The number of anilines is 1. The molecule has 1 atom stereocenters. The highest BCUT2D eigenvalue weighted by Crippen LogP contribution is 2.43. The van der Waals surface area contributed by atoms with Crippen molar-refractivity contribution < 1.29 is 22.7 Å². The Hall–Kier alpha value is -4.26. The molecule has 3 heterocycles. The third-order valence-electron chi connectivity index (χ3n) is 6.54. The van der Waals surface area contributed by atoms with Gasteiger partial charge >= 0.3 is 6.18 Å². The van der Waals surface area contributed by atoms with E-state index in [0.717, 1.165) is 24.4 Å². The van der Waals surface area contributed by atoms with Gasteiger partial charge in [0.05, 0.1) is 42.0 Å². The van der Waals surface area contributed by atoms with Crippen molar-refractivity contribution in [2.24, 2.45) is 18.7 Å². The summed E-state index contributed by atoms with van der Waals surface area (Å²) in [5, 5.41) is 15.1. The summed E-state index contributed by atoms with van der Waals surface area (Å²) in [7, 11) is 2.98. The molecule has 4 aromatic rings. The number of alkyl halides is 3. The van der Waals surface area contributed by atoms with Crippen molar-refractivity contribution in [1.29, 1.82) is 0 Å². The average molecular weight is 543 g/mol. The summed E-state index contributed by atoms with van der Waals surface area (Å²) in [5.74, 6) is -1.21. The van der Waals surface area contributed by atoms with E-state index in [9.17, 15) is 18.0 Å². The second-order valence-corrected chi connectivity index (χ2v) is 9.51. The number of halogens is 3. The van der Waals surface area contributed by atoms with Crippen LogP contribution in [0.15, 0.2) is 36.8 Å². The Labute approximate surface area is 223 Å². The first kappa shape index (κ1) is 27.8. The van der Waals surface area contributed by atoms with Crippen molar-refractivity contribution in [3.8, 4) is 22.7 Å². The number of methoxy groups -OCH3 is 1. The molecule has 4 rings (SSSR count). The first-order valence-electron chi connectivity index (χ1n) is 12.1. The molecule has 1 aromatic carbocycles. The van der Waals surface area contributed by atoms with Gasteiger partial charge in [-0.25, -0.2) is 4.68 Å². The first-order valence-corrected chi connectivity index (χ1v) is 12.1. The summed E-state index contributed by atoms with van der Waals surface area (Å²) in [6.45, 7) is 7.22. The van der Waals surface area contributed by atoms with Crippen molar-refractivity contribution in [2.75, 3.05) is 12.4 Å². The first-order chi connectivity index (χ1) is 18.3. The lowest BCUT2D eigenvalue weighted by atomic mass is 9.93. The molecule has 13 heteroatoms. The number of rotatable bonds is 7. The number of aryl methyl sites for hydroxylation is 2. The minimum atomic E-state index is -4.73. The van der Waals surface area contributed by atoms with Crippen LogP contribution in [-0.4, -0.2) is 42.8 Å². The standard InChI is InChI=1S/C26H29F3N8O2/c1-13(2)23(30)18-8-17(9-20(24(18)39-6)26(27,28)29)33-25(38)16-7-22(14(3)31-10-16)37-12-21(34-35-37)19-11-32-36(5)15(19)4/h7-13,23H,30H2,1-6H3,(H,33,38). The number of nitrogens with two attached hydrogens (primary N) is 1. The molecule has 39 heavy (non-hydrogen) atoms. The number of ether oxygens (including phenoxy) is 1. The van der Waals surface area contributed by atoms with Gasteiger partial charge in [-0.05, 0) is 38.0 Å². The summed E-state index contributed by atoms with van der Waals surface area (Å²) >= 11 is 0. The molecule has 0 fully saturated rings. The van der Waals surface area contributed by atoms with Crippen LogP contribution in [0.25, 0.3) is 16.9 Å². The second kappa shape index (κ2) is 10.5. The largest absolute Gasteiger partial charge is 0.496 e. The molecule has 0 saturated carbocycles. The highest BCUT2D eigenvalue weighted by molar-refractivity contribution is 6.04. The zero-order valence-electron chi connectivity index (χ0n) is 22.3. The number of hydrogen-bond acceptors (Lipinski definition) is 7. The molecule has 1 amide bonds. The highest BCUT2D eigenvalue weighted by Gasteiger charge is 2.37. The molecule has 0 radical (unpaired) electrons. The van der Waals surface area contributed by atoms with Gasteiger partial charge in [-0.15, -0.1) is 5.10 Å². The van der Waals surface area contributed by atoms with E-state index in [4.69, 9.17) is 10.5 Å². The van der Waals surface area contributed by atoms with Crippen LogP contribution in [0.5, 0.6) is 5.75 Å². The number of carbonyl (C=O) groups excluding carboxylic acids is 1. The molecule has 0 aliphatic carbocycles. The Balaban J connectivity index is 1.69. The summed E-state index contributed by atoms with van der Waals surface area (Å²) in [6, 6.07) is 3.02. The maximum atomic E-state index is 13.9. The van der Waals surface area contributed by atoms with Crippen LogP contribution in [0.1, 0.15) is 52.8 Å². The molecule has 0 bridgehead atoms. The zero-order chi connectivity index (χ0) is 28.6. The lowest BCUT2D eigenvalue weighted by Gasteiger charge is -2.23. The lowest BCUT2D eigenvalue weighted by Crippen LogP contribution is -2.21. The van der Waals surface area contributed by atoms with Crippen molar-refractivity contribution in [3.63, 3.8) is 0 Å². The van der Waals surface area contributed by atoms with Gasteiger partial charge in [0.1, 0.15) is 11.4 Å². The third-order valence-corrected chi connectivity index (χ3v) is 6.54. The Bertz CT molecular complexity index is 1520. The maximum Gasteiger partial charge on any atom is 0.420 e. The molecule has 10 nitrogen and oxygen atoms in total. The van der Waals surface area contributed by atoms with Gasteiger partial charge in [0.25, 0.3) is 5.91 Å². The SMILES string of the molecule is COc1c(C(N)C(C)C)cc(NC(=O)c2cnc(C)c(-n3cc(-c4cnn(C)c4C)nn3)c2)cc1C(F)(F)F. The van der Waals surface area contributed by atoms with Gasteiger partial charge < -0.3 is 15.8 Å². The van der Waals surface area contributed by atoms with E-state index in [2.05, 4.69) is 25.7 Å². The molecule has 206 valence electrons. The number of benzene rings is 1. The van der Waals surface area contributed by atoms with Crippen molar-refractivity contribution >= 4 is 11.6 Å². The van der Waals surface area contributed by atoms with Crippen LogP contribution in [0, 0.1) is 19.8 Å². The van der Waals surface area contributed by atoms with E-state index < -0.39 is 23.7 Å². The molecular formula is C26H29F3N8O2. The van der Waals surface area contributed by atoms with Gasteiger partial charge in [0, 0.05) is 41.8 Å². The Morgan fingerprint density at radius 2 is 1.87 bits per heavy atom. The molecule has 0 spiro atoms. The molecule has 0 aliphatic heterocycles. The van der Waals surface area contributed by atoms with Crippen LogP contribution in [0.2, 0.25) is 0 Å². The van der Waals surface area contributed by atoms with E-state index in [0.29, 0.717) is 17.1 Å². The van der Waals surface area contributed by atoms with E-state index in [1.165, 1.54) is 16.9 Å². The van der Waals surface area contributed by atoms with Crippen LogP contribution < -0.4 is 15.8 Å². The van der Waals surface area contributed by atoms with Crippen LogP contribution in [0.4, 0.5) is 18.9 Å². The molecule has 3 aromatic heterocycles. The van der Waals surface area contributed by atoms with Crippen LogP contribution in [0.3, 0.4) is 0 Å². The number of aromatic nitrogens is 6. The summed E-state index contributed by atoms with van der Waals surface area (Å²) < 4.78 is 50.0. The number of amides is 1. The van der Waals surface area contributed by atoms with Crippen molar-refractivity contribution in [1.82, 2.24) is 29.8 Å². The van der Waals surface area contributed by atoms with E-state index >= 15 is 0 Å². The lowest BCUT2D eigenvalue weighted by molar-refractivity contribution is -0.138. The molecular weight excluding hydrogens is 513 g/mol. The quantitative estimate of drug-likeness (QED) is 0.349. The zero-order valence-corrected chi connectivity index (χ0v) is 22.3. The average Bonchev–Trinajstić information content (AvgIpc) is 3.49. The molecule has 1 unspecified atom stereocenters. The number of nitrogens with one attached hydrogen (secondary N) is 1. The van der Waals surface area contributed by atoms with E-state index in [1.807, 2.05) is 14.0 Å². The minimum Gasteiger partial charge on any atom is -0.496 e. The Morgan fingerprint density at radius 3 is 2.46 bits per heavy atom. The number of hydrogen-bond donors (Lipinski definition) is 2. The van der Waals surface area contributed by atoms with Crippen molar-refractivity contribution in [3.05, 3.63) is 64.9 Å². The van der Waals surface area contributed by atoms with E-state index in [-0.39, 0.29) is 28.5 Å². The summed E-state index contributed by atoms with van der Waals surface area (Å²) in [6.07, 6.45) is -0.0176. The normalized spacial score (nSPS) is 12.6. The van der Waals surface area contributed by atoms with Crippen LogP contribution in [-0.2, 0) is 13.2 Å². The van der Waals surface area contributed by atoms with Gasteiger partial charge in [-0.3, -0.25) is 14.5 Å². The minimum absolute atomic E-state index is 0.0727. The molecule has 0 saturated heterocycles. The topological polar surface area (TPSA) is 126 Å². The Kier molecular flexibility index (Phi) is 7.46. The molecule has 3 N–H and O–H groups in total. The monoisotopic (exact) mass is 542 g/mol. The number of pyridine rings is 1. The van der Waals surface area contributed by atoms with Crippen LogP contribution >= 0.6 is 0 Å². The van der Waals surface area contributed by atoms with Gasteiger partial charge in [0.15, 0.2) is 0 Å². The Morgan fingerprint density at radius 1 is 1.15 bits per heavy atom. The summed E-state index contributed by atoms with van der Waals surface area (Å²) in [5.41, 5.74) is 8.70. The fraction of sp³-hybridized carbons (Fsp3) is 0.346. The number of carbonyl (C=O) groups is 1. The number of nitrogens with zero attached hydrogens (tertiary/aromatic N) is 6. The summed E-state index contributed by atoms with van der Waals surface area (Å²) in [4.78, 5) is 17.5. The van der Waals surface area contributed by atoms with Crippen molar-refractivity contribution in [2.45, 2.75) is 39.9 Å². The van der Waals surface area contributed by atoms with Gasteiger partial charge in [-0.1, -0.05) is 19.1 Å². The highest BCUT2D eigenvalue weighted by atomic mass is 19.4. The second-order valence-electron chi connectivity index (χ2n) is 9.51.